The average Bonchev–Trinajstić information content (AvgIpc) is 2.55. The molecule has 2 aliphatic heterocycles. The molecular weight excluding hydrogens is 314 g/mol. The Hall–Kier alpha value is -1.41. The zero-order valence-corrected chi connectivity index (χ0v) is 12.7. The van der Waals surface area contributed by atoms with Crippen LogP contribution < -0.4 is 4.90 Å². The monoisotopic (exact) mass is 333 g/mol. The number of hydrogen-bond donors (Lipinski definition) is 0. The first-order valence-electron chi connectivity index (χ1n) is 7.74. The van der Waals surface area contributed by atoms with Crippen molar-refractivity contribution in [3.8, 4) is 0 Å². The summed E-state index contributed by atoms with van der Waals surface area (Å²) in [6.07, 6.45) is -1.89. The van der Waals surface area contributed by atoms with E-state index in [2.05, 4.69) is 9.88 Å². The lowest BCUT2D eigenvalue weighted by atomic mass is 10.1. The predicted octanol–water partition coefficient (Wildman–Crippen LogP) is 2.54. The second-order valence-electron chi connectivity index (χ2n) is 5.89. The van der Waals surface area contributed by atoms with Crippen molar-refractivity contribution in [2.75, 3.05) is 44.3 Å². The zero-order chi connectivity index (χ0) is 16.4. The summed E-state index contributed by atoms with van der Waals surface area (Å²) in [5.41, 5.74) is -1.06. The number of piperazine rings is 1. The molecule has 2 saturated heterocycles. The average molecular weight is 333 g/mol. The lowest BCUT2D eigenvalue weighted by molar-refractivity contribution is -0.138. The maximum Gasteiger partial charge on any atom is 0.417 e. The van der Waals surface area contributed by atoms with Gasteiger partial charge < -0.3 is 9.64 Å². The topological polar surface area (TPSA) is 28.6 Å². The van der Waals surface area contributed by atoms with Gasteiger partial charge in [-0.25, -0.2) is 9.37 Å². The van der Waals surface area contributed by atoms with Crippen molar-refractivity contribution in [2.45, 2.75) is 25.1 Å². The van der Waals surface area contributed by atoms with Crippen LogP contribution in [-0.2, 0) is 10.9 Å². The van der Waals surface area contributed by atoms with Crippen LogP contribution in [0.4, 0.5) is 23.4 Å². The molecule has 4 nitrogen and oxygen atoms in total. The molecule has 0 unspecified atom stereocenters. The molecule has 0 radical (unpaired) electrons. The van der Waals surface area contributed by atoms with Crippen molar-refractivity contribution >= 4 is 5.82 Å². The third-order valence-electron chi connectivity index (χ3n) is 4.47. The Labute approximate surface area is 132 Å². The summed E-state index contributed by atoms with van der Waals surface area (Å²) in [7, 11) is 0. The Kier molecular flexibility index (Phi) is 4.72. The van der Waals surface area contributed by atoms with E-state index in [1.165, 1.54) is 0 Å². The van der Waals surface area contributed by atoms with Crippen molar-refractivity contribution in [1.29, 1.82) is 0 Å². The van der Waals surface area contributed by atoms with Crippen molar-refractivity contribution in [3.63, 3.8) is 0 Å². The summed E-state index contributed by atoms with van der Waals surface area (Å²) in [5.74, 6) is -0.913. The van der Waals surface area contributed by atoms with Crippen LogP contribution in [0.25, 0.3) is 0 Å². The van der Waals surface area contributed by atoms with Crippen molar-refractivity contribution in [2.24, 2.45) is 0 Å². The highest BCUT2D eigenvalue weighted by Crippen LogP contribution is 2.31. The molecule has 0 aromatic carbocycles. The summed E-state index contributed by atoms with van der Waals surface area (Å²) >= 11 is 0. The van der Waals surface area contributed by atoms with Gasteiger partial charge in [0.2, 0.25) is 0 Å². The molecule has 0 aliphatic carbocycles. The van der Waals surface area contributed by atoms with E-state index in [0.717, 1.165) is 39.1 Å². The van der Waals surface area contributed by atoms with Crippen LogP contribution in [0.1, 0.15) is 18.4 Å². The first-order chi connectivity index (χ1) is 10.9. The van der Waals surface area contributed by atoms with Gasteiger partial charge in [0.25, 0.3) is 0 Å². The highest BCUT2D eigenvalue weighted by Gasteiger charge is 2.33. The van der Waals surface area contributed by atoms with Gasteiger partial charge in [-0.1, -0.05) is 0 Å². The van der Waals surface area contributed by atoms with E-state index < -0.39 is 17.6 Å². The van der Waals surface area contributed by atoms with Crippen LogP contribution >= 0.6 is 0 Å². The fourth-order valence-electron chi connectivity index (χ4n) is 3.17. The SMILES string of the molecule is Fc1cc(C(F)(F)F)cnc1N1CCN(C2CCOCC2)CC1. The van der Waals surface area contributed by atoms with E-state index in [-0.39, 0.29) is 5.82 Å². The maximum absolute atomic E-state index is 14.0. The van der Waals surface area contributed by atoms with Gasteiger partial charge in [-0.05, 0) is 18.9 Å². The fourth-order valence-corrected chi connectivity index (χ4v) is 3.17. The lowest BCUT2D eigenvalue weighted by Crippen LogP contribution is -2.52. The van der Waals surface area contributed by atoms with Gasteiger partial charge in [0.15, 0.2) is 11.6 Å². The molecule has 3 heterocycles. The standard InChI is InChI=1S/C15H19F4N3O/c16-13-9-11(15(17,18)19)10-20-14(13)22-5-3-21(4-6-22)12-1-7-23-8-2-12/h9-10,12H,1-8H2. The number of hydrogen-bond acceptors (Lipinski definition) is 4. The van der Waals surface area contributed by atoms with Gasteiger partial charge in [-0.2, -0.15) is 13.2 Å². The Morgan fingerprint density at radius 3 is 2.30 bits per heavy atom. The van der Waals surface area contributed by atoms with E-state index in [1.54, 1.807) is 4.90 Å². The molecular formula is C15H19F4N3O. The number of anilines is 1. The molecule has 8 heteroatoms. The quantitative estimate of drug-likeness (QED) is 0.778. The van der Waals surface area contributed by atoms with E-state index >= 15 is 0 Å². The van der Waals surface area contributed by atoms with Gasteiger partial charge in [-0.3, -0.25) is 4.90 Å². The van der Waals surface area contributed by atoms with E-state index in [1.807, 2.05) is 0 Å². The minimum absolute atomic E-state index is 0.00428. The number of pyridine rings is 1. The van der Waals surface area contributed by atoms with Crippen LogP contribution in [0, 0.1) is 5.82 Å². The third kappa shape index (κ3) is 3.74. The van der Waals surface area contributed by atoms with Crippen LogP contribution in [0.3, 0.4) is 0 Å². The summed E-state index contributed by atoms with van der Waals surface area (Å²) < 4.78 is 57.0. The molecule has 2 fully saturated rings. The fraction of sp³-hybridized carbons (Fsp3) is 0.667. The highest BCUT2D eigenvalue weighted by atomic mass is 19.4. The first kappa shape index (κ1) is 16.4. The van der Waals surface area contributed by atoms with Crippen LogP contribution in [0.2, 0.25) is 0 Å². The smallest absolute Gasteiger partial charge is 0.381 e. The zero-order valence-electron chi connectivity index (χ0n) is 12.7. The second kappa shape index (κ2) is 6.60. The number of alkyl halides is 3. The molecule has 0 bridgehead atoms. The number of nitrogens with zero attached hydrogens (tertiary/aromatic N) is 3. The van der Waals surface area contributed by atoms with Gasteiger partial charge in [0, 0.05) is 51.6 Å². The number of aromatic nitrogens is 1. The van der Waals surface area contributed by atoms with Crippen molar-refractivity contribution in [1.82, 2.24) is 9.88 Å². The van der Waals surface area contributed by atoms with Crippen molar-refractivity contribution < 1.29 is 22.3 Å². The first-order valence-corrected chi connectivity index (χ1v) is 7.74. The minimum atomic E-state index is -4.58. The Morgan fingerprint density at radius 2 is 1.74 bits per heavy atom. The summed E-state index contributed by atoms with van der Waals surface area (Å²) in [4.78, 5) is 7.76. The summed E-state index contributed by atoms with van der Waals surface area (Å²) in [5, 5.41) is 0. The summed E-state index contributed by atoms with van der Waals surface area (Å²) in [6, 6.07) is 1.00. The molecule has 2 aliphatic rings. The van der Waals surface area contributed by atoms with Gasteiger partial charge >= 0.3 is 6.18 Å². The Bertz CT molecular complexity index is 538. The van der Waals surface area contributed by atoms with Gasteiger partial charge in [0.1, 0.15) is 0 Å². The molecule has 0 spiro atoms. The van der Waals surface area contributed by atoms with E-state index in [4.69, 9.17) is 4.74 Å². The normalized spacial score (nSPS) is 21.7. The number of halogens is 4. The summed E-state index contributed by atoms with van der Waals surface area (Å²) in [6.45, 7) is 4.17. The number of ether oxygens (including phenoxy) is 1. The lowest BCUT2D eigenvalue weighted by Gasteiger charge is -2.41. The molecule has 0 saturated carbocycles. The van der Waals surface area contributed by atoms with E-state index in [9.17, 15) is 17.6 Å². The van der Waals surface area contributed by atoms with E-state index in [0.29, 0.717) is 31.4 Å². The molecule has 1 aromatic rings. The number of rotatable bonds is 2. The highest BCUT2D eigenvalue weighted by molar-refractivity contribution is 5.42. The maximum atomic E-state index is 14.0. The van der Waals surface area contributed by atoms with Gasteiger partial charge in [-0.15, -0.1) is 0 Å². The molecule has 0 N–H and O–H groups in total. The largest absolute Gasteiger partial charge is 0.417 e. The predicted molar refractivity (Wildman–Crippen MR) is 76.8 cm³/mol. The van der Waals surface area contributed by atoms with Gasteiger partial charge in [0.05, 0.1) is 5.56 Å². The van der Waals surface area contributed by atoms with Crippen molar-refractivity contribution in [3.05, 3.63) is 23.6 Å². The molecule has 128 valence electrons. The molecule has 3 rings (SSSR count). The molecule has 0 atom stereocenters. The second-order valence-corrected chi connectivity index (χ2v) is 5.89. The Morgan fingerprint density at radius 1 is 1.09 bits per heavy atom. The van der Waals surface area contributed by atoms with Crippen LogP contribution in [-0.4, -0.2) is 55.3 Å². The third-order valence-corrected chi connectivity index (χ3v) is 4.47. The van der Waals surface area contributed by atoms with Crippen LogP contribution in [0.15, 0.2) is 12.3 Å². The van der Waals surface area contributed by atoms with Crippen LogP contribution in [0.5, 0.6) is 0 Å². The molecule has 23 heavy (non-hydrogen) atoms. The molecule has 1 aromatic heterocycles. The molecule has 0 amide bonds. The minimum Gasteiger partial charge on any atom is -0.381 e. The Balaban J connectivity index is 1.63.